The van der Waals surface area contributed by atoms with Crippen LogP contribution in [0.5, 0.6) is 11.5 Å². The first-order valence-corrected chi connectivity index (χ1v) is 12.0. The number of aliphatic hydroxyl groups excluding tert-OH is 1. The molecule has 0 aliphatic carbocycles. The number of ketones is 1. The predicted octanol–water partition coefficient (Wildman–Crippen LogP) is 3.32. The number of likely N-dealkylation sites (tertiary alicyclic amines) is 1. The number of amides is 1. The van der Waals surface area contributed by atoms with Crippen LogP contribution in [0.4, 0.5) is 0 Å². The van der Waals surface area contributed by atoms with Gasteiger partial charge in [-0.05, 0) is 62.2 Å². The van der Waals surface area contributed by atoms with Crippen LogP contribution in [0.2, 0.25) is 0 Å². The second-order valence-corrected chi connectivity index (χ2v) is 9.08. The van der Waals surface area contributed by atoms with Crippen molar-refractivity contribution in [3.63, 3.8) is 0 Å². The minimum absolute atomic E-state index is 0.00623. The molecule has 8 heteroatoms. The van der Waals surface area contributed by atoms with E-state index in [0.29, 0.717) is 43.1 Å². The van der Waals surface area contributed by atoms with E-state index in [2.05, 4.69) is 4.90 Å². The number of hydrogen-bond acceptors (Lipinski definition) is 7. The third-order valence-corrected chi connectivity index (χ3v) is 6.23. The van der Waals surface area contributed by atoms with Crippen LogP contribution < -0.4 is 4.74 Å². The molecule has 0 bridgehead atoms. The topological polar surface area (TPSA) is 99.5 Å². The summed E-state index contributed by atoms with van der Waals surface area (Å²) in [6.45, 7) is 8.07. The molecular formula is C27H32N2O6. The third-order valence-electron chi connectivity index (χ3n) is 6.23. The highest BCUT2D eigenvalue weighted by molar-refractivity contribution is 6.46. The number of benzene rings is 2. The Kier molecular flexibility index (Phi) is 7.73. The Hall–Kier alpha value is -3.36. The summed E-state index contributed by atoms with van der Waals surface area (Å²) >= 11 is 0. The van der Waals surface area contributed by atoms with Crippen molar-refractivity contribution in [2.45, 2.75) is 32.4 Å². The van der Waals surface area contributed by atoms with E-state index in [1.807, 2.05) is 13.8 Å². The molecule has 0 saturated carbocycles. The van der Waals surface area contributed by atoms with Crippen LogP contribution in [0.15, 0.2) is 54.1 Å². The number of carbonyl (C=O) groups excluding carboxylic acids is 2. The van der Waals surface area contributed by atoms with E-state index in [1.54, 1.807) is 36.4 Å². The Labute approximate surface area is 205 Å². The zero-order valence-electron chi connectivity index (χ0n) is 20.1. The molecule has 2 aliphatic heterocycles. The number of aliphatic hydroxyl groups is 1. The summed E-state index contributed by atoms with van der Waals surface area (Å²) in [5.41, 5.74) is 1.12. The smallest absolute Gasteiger partial charge is 0.295 e. The molecule has 186 valence electrons. The Morgan fingerprint density at radius 3 is 2.31 bits per heavy atom. The van der Waals surface area contributed by atoms with Gasteiger partial charge >= 0.3 is 0 Å². The molecule has 0 spiro atoms. The zero-order chi connectivity index (χ0) is 24.9. The lowest BCUT2D eigenvalue weighted by atomic mass is 9.95. The van der Waals surface area contributed by atoms with Gasteiger partial charge in [0.15, 0.2) is 0 Å². The summed E-state index contributed by atoms with van der Waals surface area (Å²) in [4.78, 5) is 30.0. The van der Waals surface area contributed by atoms with Crippen molar-refractivity contribution in [1.29, 1.82) is 0 Å². The molecular weight excluding hydrogens is 448 g/mol. The molecule has 35 heavy (non-hydrogen) atoms. The third kappa shape index (κ3) is 5.66. The average Bonchev–Trinajstić information content (AvgIpc) is 3.10. The van der Waals surface area contributed by atoms with E-state index in [-0.39, 0.29) is 23.2 Å². The van der Waals surface area contributed by atoms with Crippen LogP contribution in [0.1, 0.15) is 37.4 Å². The summed E-state index contributed by atoms with van der Waals surface area (Å²) in [6.07, 6.45) is 0.690. The van der Waals surface area contributed by atoms with Crippen molar-refractivity contribution in [2.24, 2.45) is 0 Å². The number of aromatic hydroxyl groups is 1. The lowest BCUT2D eigenvalue weighted by molar-refractivity contribution is -0.140. The van der Waals surface area contributed by atoms with Crippen LogP contribution in [0.25, 0.3) is 5.76 Å². The lowest BCUT2D eigenvalue weighted by Gasteiger charge is -2.29. The first-order chi connectivity index (χ1) is 16.8. The predicted molar refractivity (Wildman–Crippen MR) is 131 cm³/mol. The lowest BCUT2D eigenvalue weighted by Crippen LogP contribution is -2.38. The van der Waals surface area contributed by atoms with Crippen LogP contribution in [0.3, 0.4) is 0 Å². The highest BCUT2D eigenvalue weighted by Crippen LogP contribution is 2.40. The maximum atomic E-state index is 13.1. The molecule has 0 unspecified atom stereocenters. The second kappa shape index (κ2) is 10.9. The molecule has 0 radical (unpaired) electrons. The van der Waals surface area contributed by atoms with Crippen molar-refractivity contribution in [3.05, 3.63) is 65.2 Å². The number of phenols is 1. The van der Waals surface area contributed by atoms with Gasteiger partial charge in [-0.3, -0.25) is 14.5 Å². The van der Waals surface area contributed by atoms with Gasteiger partial charge in [-0.1, -0.05) is 12.1 Å². The Morgan fingerprint density at radius 2 is 1.69 bits per heavy atom. The SMILES string of the molecule is CC(C)Oc1ccc(C(O)=C2C(=O)C(=O)N(CCCN3CCOCC3)[C@@H]2c2ccc(O)cc2)cc1. The van der Waals surface area contributed by atoms with E-state index in [0.717, 1.165) is 19.6 Å². The fourth-order valence-corrected chi connectivity index (χ4v) is 4.52. The summed E-state index contributed by atoms with van der Waals surface area (Å²) in [5, 5.41) is 20.9. The van der Waals surface area contributed by atoms with E-state index in [9.17, 15) is 19.8 Å². The molecule has 4 rings (SSSR count). The van der Waals surface area contributed by atoms with E-state index >= 15 is 0 Å². The Balaban J connectivity index is 1.64. The van der Waals surface area contributed by atoms with Crippen molar-refractivity contribution >= 4 is 17.4 Å². The quantitative estimate of drug-likeness (QED) is 0.340. The monoisotopic (exact) mass is 480 g/mol. The molecule has 2 fully saturated rings. The van der Waals surface area contributed by atoms with Crippen LogP contribution >= 0.6 is 0 Å². The molecule has 1 atom stereocenters. The molecule has 2 heterocycles. The summed E-state index contributed by atoms with van der Waals surface area (Å²) in [7, 11) is 0. The van der Waals surface area contributed by atoms with Gasteiger partial charge < -0.3 is 24.6 Å². The first-order valence-electron chi connectivity index (χ1n) is 12.0. The fourth-order valence-electron chi connectivity index (χ4n) is 4.52. The standard InChI is InChI=1S/C27H32N2O6/c1-18(2)35-22-10-6-20(7-11-22)25(31)23-24(19-4-8-21(30)9-5-19)29(27(33)26(23)32)13-3-12-28-14-16-34-17-15-28/h4-11,18,24,30-31H,3,12-17H2,1-2H3/t24-/m1/s1. The van der Waals surface area contributed by atoms with Crippen LogP contribution in [0, 0.1) is 0 Å². The number of phenolic OH excluding ortho intramolecular Hbond substituents is 1. The van der Waals surface area contributed by atoms with E-state index < -0.39 is 17.7 Å². The molecule has 2 N–H and O–H groups in total. The van der Waals surface area contributed by atoms with Gasteiger partial charge in [0.25, 0.3) is 11.7 Å². The highest BCUT2D eigenvalue weighted by atomic mass is 16.5. The van der Waals surface area contributed by atoms with Gasteiger partial charge in [0.1, 0.15) is 17.3 Å². The number of carbonyl (C=O) groups is 2. The van der Waals surface area contributed by atoms with Gasteiger partial charge in [-0.25, -0.2) is 0 Å². The normalized spacial score (nSPS) is 20.5. The van der Waals surface area contributed by atoms with Crippen molar-refractivity contribution in [1.82, 2.24) is 9.80 Å². The number of nitrogens with zero attached hydrogens (tertiary/aromatic N) is 2. The molecule has 2 saturated heterocycles. The zero-order valence-corrected chi connectivity index (χ0v) is 20.1. The number of ether oxygens (including phenoxy) is 2. The van der Waals surface area contributed by atoms with Gasteiger partial charge in [-0.15, -0.1) is 0 Å². The summed E-state index contributed by atoms with van der Waals surface area (Å²) < 4.78 is 11.1. The van der Waals surface area contributed by atoms with Crippen LogP contribution in [-0.4, -0.2) is 77.2 Å². The minimum atomic E-state index is -0.744. The minimum Gasteiger partial charge on any atom is -0.508 e. The van der Waals surface area contributed by atoms with E-state index in [1.165, 1.54) is 17.0 Å². The summed E-state index contributed by atoms with van der Waals surface area (Å²) in [5.74, 6) is -0.844. The first kappa shape index (κ1) is 24.8. The second-order valence-electron chi connectivity index (χ2n) is 9.08. The van der Waals surface area contributed by atoms with Gasteiger partial charge in [0.05, 0.1) is 30.9 Å². The average molecular weight is 481 g/mol. The van der Waals surface area contributed by atoms with Crippen molar-refractivity contribution in [3.8, 4) is 11.5 Å². The van der Waals surface area contributed by atoms with Gasteiger partial charge in [-0.2, -0.15) is 0 Å². The molecule has 2 aromatic rings. The largest absolute Gasteiger partial charge is 0.508 e. The maximum Gasteiger partial charge on any atom is 0.295 e. The number of rotatable bonds is 8. The maximum absolute atomic E-state index is 13.1. The number of hydrogen-bond donors (Lipinski definition) is 2. The Morgan fingerprint density at radius 1 is 1.03 bits per heavy atom. The van der Waals surface area contributed by atoms with Crippen molar-refractivity contribution < 1.29 is 29.3 Å². The number of Topliss-reactive ketones (excluding diaryl/α,β-unsaturated/α-hetero) is 1. The molecule has 2 aliphatic rings. The molecule has 8 nitrogen and oxygen atoms in total. The fraction of sp³-hybridized carbons (Fsp3) is 0.407. The van der Waals surface area contributed by atoms with E-state index in [4.69, 9.17) is 9.47 Å². The van der Waals surface area contributed by atoms with Gasteiger partial charge in [0.2, 0.25) is 0 Å². The van der Waals surface area contributed by atoms with Crippen molar-refractivity contribution in [2.75, 3.05) is 39.4 Å². The molecule has 1 amide bonds. The highest BCUT2D eigenvalue weighted by Gasteiger charge is 2.45. The molecule has 0 aromatic heterocycles. The molecule has 2 aromatic carbocycles. The number of morpholine rings is 1. The summed E-state index contributed by atoms with van der Waals surface area (Å²) in [6, 6.07) is 12.4. The Bertz CT molecular complexity index is 1070. The van der Waals surface area contributed by atoms with Crippen LogP contribution in [-0.2, 0) is 14.3 Å². The van der Waals surface area contributed by atoms with Gasteiger partial charge in [0, 0.05) is 31.7 Å².